The van der Waals surface area contributed by atoms with Crippen molar-refractivity contribution in [3.63, 3.8) is 0 Å². The molecule has 0 amide bonds. The van der Waals surface area contributed by atoms with E-state index in [9.17, 15) is 31.1 Å². The lowest BCUT2D eigenvalue weighted by atomic mass is 10.0. The number of rotatable bonds is 8. The molecular weight excluding hydrogens is 278 g/mol. The lowest BCUT2D eigenvalue weighted by Gasteiger charge is -2.27. The second kappa shape index (κ2) is 7.00. The Bertz CT molecular complexity index is 295. The van der Waals surface area contributed by atoms with E-state index in [2.05, 4.69) is 4.74 Å². The van der Waals surface area contributed by atoms with E-state index in [-0.39, 0.29) is 0 Å². The Kier molecular flexibility index (Phi) is 6.65. The molecule has 0 radical (unpaired) electrons. The van der Waals surface area contributed by atoms with E-state index in [0.29, 0.717) is 6.42 Å². The summed E-state index contributed by atoms with van der Waals surface area (Å²) in [5, 5.41) is 0. The van der Waals surface area contributed by atoms with Gasteiger partial charge in [-0.05, 0) is 6.42 Å². The quantitative estimate of drug-likeness (QED) is 0.505. The number of carbonyl (C=O) groups excluding carboxylic acids is 1. The molecule has 0 aliphatic rings. The number of ether oxygens (including phenoxy) is 1. The SMILES string of the molecule is CCC(C)C(=O)OCCC(F)(F)C(F)(F)C(F)CF. The molecule has 2 nitrogen and oxygen atoms in total. The summed E-state index contributed by atoms with van der Waals surface area (Å²) in [6.45, 7) is -0.0561. The van der Waals surface area contributed by atoms with Crippen LogP contribution in [0.4, 0.5) is 26.3 Å². The minimum Gasteiger partial charge on any atom is -0.465 e. The molecule has 0 aromatic rings. The van der Waals surface area contributed by atoms with Crippen molar-refractivity contribution < 1.29 is 35.9 Å². The van der Waals surface area contributed by atoms with Gasteiger partial charge in [-0.15, -0.1) is 0 Å². The highest BCUT2D eigenvalue weighted by atomic mass is 19.3. The van der Waals surface area contributed by atoms with Gasteiger partial charge in [0.15, 0.2) is 6.17 Å². The first-order valence-corrected chi connectivity index (χ1v) is 5.72. The summed E-state index contributed by atoms with van der Waals surface area (Å²) in [5.41, 5.74) is 0. The Morgan fingerprint density at radius 2 is 1.79 bits per heavy atom. The third kappa shape index (κ3) is 4.58. The molecule has 0 bridgehead atoms. The first-order valence-electron chi connectivity index (χ1n) is 5.72. The van der Waals surface area contributed by atoms with Gasteiger partial charge in [0.05, 0.1) is 18.9 Å². The van der Waals surface area contributed by atoms with Crippen LogP contribution in [-0.2, 0) is 9.53 Å². The predicted molar refractivity (Wildman–Crippen MR) is 55.8 cm³/mol. The van der Waals surface area contributed by atoms with Crippen molar-refractivity contribution in [3.8, 4) is 0 Å². The summed E-state index contributed by atoms with van der Waals surface area (Å²) >= 11 is 0. The van der Waals surface area contributed by atoms with Crippen LogP contribution in [0.25, 0.3) is 0 Å². The van der Waals surface area contributed by atoms with Gasteiger partial charge >= 0.3 is 17.8 Å². The molecule has 0 aromatic carbocycles. The van der Waals surface area contributed by atoms with Gasteiger partial charge in [-0.2, -0.15) is 17.6 Å². The average Bonchev–Trinajstić information content (AvgIpc) is 2.35. The van der Waals surface area contributed by atoms with Crippen LogP contribution in [0.15, 0.2) is 0 Å². The monoisotopic (exact) mass is 294 g/mol. The summed E-state index contributed by atoms with van der Waals surface area (Å²) < 4.78 is 80.3. The van der Waals surface area contributed by atoms with Crippen molar-refractivity contribution in [3.05, 3.63) is 0 Å². The molecule has 0 saturated heterocycles. The molecule has 2 unspecified atom stereocenters. The molecule has 19 heavy (non-hydrogen) atoms. The molecule has 2 atom stereocenters. The zero-order valence-corrected chi connectivity index (χ0v) is 10.6. The molecule has 0 aliphatic carbocycles. The summed E-state index contributed by atoms with van der Waals surface area (Å²) in [5.74, 6) is -11.3. The van der Waals surface area contributed by atoms with E-state index >= 15 is 0 Å². The van der Waals surface area contributed by atoms with Gasteiger partial charge in [0.1, 0.15) is 6.67 Å². The average molecular weight is 294 g/mol. The van der Waals surface area contributed by atoms with Crippen LogP contribution in [-0.4, -0.2) is 37.3 Å². The third-order valence-corrected chi connectivity index (χ3v) is 2.69. The molecule has 0 spiro atoms. The van der Waals surface area contributed by atoms with Gasteiger partial charge in [0, 0.05) is 0 Å². The van der Waals surface area contributed by atoms with E-state index in [1.807, 2.05) is 0 Å². The second-order valence-corrected chi connectivity index (χ2v) is 4.18. The second-order valence-electron chi connectivity index (χ2n) is 4.18. The van der Waals surface area contributed by atoms with Crippen molar-refractivity contribution in [2.45, 2.75) is 44.7 Å². The topological polar surface area (TPSA) is 26.3 Å². The highest BCUT2D eigenvalue weighted by Gasteiger charge is 2.61. The van der Waals surface area contributed by atoms with Crippen molar-refractivity contribution >= 4 is 5.97 Å². The normalized spacial score (nSPS) is 16.0. The minimum absolute atomic E-state index is 0.403. The molecule has 0 aliphatic heterocycles. The lowest BCUT2D eigenvalue weighted by Crippen LogP contribution is -2.49. The third-order valence-electron chi connectivity index (χ3n) is 2.69. The molecule has 8 heteroatoms. The van der Waals surface area contributed by atoms with Gasteiger partial charge in [-0.3, -0.25) is 4.79 Å². The number of carbonyl (C=O) groups is 1. The summed E-state index contributed by atoms with van der Waals surface area (Å²) in [6.07, 6.45) is -4.75. The van der Waals surface area contributed by atoms with E-state index in [1.54, 1.807) is 6.92 Å². The highest BCUT2D eigenvalue weighted by molar-refractivity contribution is 5.71. The molecule has 114 valence electrons. The van der Waals surface area contributed by atoms with Gasteiger partial charge in [0.2, 0.25) is 0 Å². The predicted octanol–water partition coefficient (Wildman–Crippen LogP) is 3.54. The number of alkyl halides is 6. The van der Waals surface area contributed by atoms with Crippen LogP contribution < -0.4 is 0 Å². The van der Waals surface area contributed by atoms with Crippen LogP contribution in [0.1, 0.15) is 26.7 Å². The molecule has 0 rings (SSSR count). The van der Waals surface area contributed by atoms with Crippen LogP contribution >= 0.6 is 0 Å². The van der Waals surface area contributed by atoms with Crippen LogP contribution in [0.5, 0.6) is 0 Å². The van der Waals surface area contributed by atoms with Crippen LogP contribution in [0.2, 0.25) is 0 Å². The summed E-state index contributed by atoms with van der Waals surface area (Å²) in [7, 11) is 0. The van der Waals surface area contributed by atoms with Gasteiger partial charge in [-0.25, -0.2) is 8.78 Å². The first kappa shape index (κ1) is 18.0. The zero-order valence-electron chi connectivity index (χ0n) is 10.6. The standard InChI is InChI=1S/C11H16F6O2/c1-3-7(2)9(18)19-5-4-10(14,15)11(16,17)8(13)6-12/h7-8H,3-6H2,1-2H3. The largest absolute Gasteiger partial charge is 0.465 e. The zero-order chi connectivity index (χ0) is 15.3. The number of halogens is 6. The van der Waals surface area contributed by atoms with Gasteiger partial charge < -0.3 is 4.74 Å². The molecule has 0 fully saturated rings. The van der Waals surface area contributed by atoms with Crippen molar-refractivity contribution in [1.82, 2.24) is 0 Å². The maximum Gasteiger partial charge on any atom is 0.343 e. The fourth-order valence-electron chi connectivity index (χ4n) is 1.08. The van der Waals surface area contributed by atoms with Crippen LogP contribution in [0, 0.1) is 5.92 Å². The smallest absolute Gasteiger partial charge is 0.343 e. The van der Waals surface area contributed by atoms with Crippen molar-refractivity contribution in [2.24, 2.45) is 5.92 Å². The Balaban J connectivity index is 4.42. The number of hydrogen-bond donors (Lipinski definition) is 0. The maximum atomic E-state index is 13.0. The lowest BCUT2D eigenvalue weighted by molar-refractivity contribution is -0.246. The van der Waals surface area contributed by atoms with E-state index in [4.69, 9.17) is 0 Å². The molecule has 0 heterocycles. The van der Waals surface area contributed by atoms with Gasteiger partial charge in [0.25, 0.3) is 0 Å². The highest BCUT2D eigenvalue weighted by Crippen LogP contribution is 2.41. The van der Waals surface area contributed by atoms with Crippen LogP contribution in [0.3, 0.4) is 0 Å². The molecule has 0 saturated carbocycles. The minimum atomic E-state index is -5.13. The van der Waals surface area contributed by atoms with E-state index < -0.39 is 49.6 Å². The fourth-order valence-corrected chi connectivity index (χ4v) is 1.08. The number of esters is 1. The number of hydrogen-bond acceptors (Lipinski definition) is 2. The van der Waals surface area contributed by atoms with Gasteiger partial charge in [-0.1, -0.05) is 13.8 Å². The molecule has 0 aromatic heterocycles. The fraction of sp³-hybridized carbons (Fsp3) is 0.909. The van der Waals surface area contributed by atoms with Crippen molar-refractivity contribution in [1.29, 1.82) is 0 Å². The molecule has 0 N–H and O–H groups in total. The Morgan fingerprint density at radius 1 is 1.26 bits per heavy atom. The maximum absolute atomic E-state index is 13.0. The Morgan fingerprint density at radius 3 is 2.21 bits per heavy atom. The Labute approximate surface area is 107 Å². The summed E-state index contributed by atoms with van der Waals surface area (Å²) in [6, 6.07) is 0. The summed E-state index contributed by atoms with van der Waals surface area (Å²) in [4.78, 5) is 11.1. The first-order chi connectivity index (χ1) is 8.60. The van der Waals surface area contributed by atoms with E-state index in [1.165, 1.54) is 6.92 Å². The van der Waals surface area contributed by atoms with E-state index in [0.717, 1.165) is 0 Å². The molecular formula is C11H16F6O2. The van der Waals surface area contributed by atoms with Crippen molar-refractivity contribution in [2.75, 3.05) is 13.3 Å². The Hall–Kier alpha value is -0.950.